The number of alkyl halides is 3. The predicted molar refractivity (Wildman–Crippen MR) is 62.0 cm³/mol. The first-order valence-electron chi connectivity index (χ1n) is 5.25. The van der Waals surface area contributed by atoms with Crippen molar-refractivity contribution in [2.45, 2.75) is 24.9 Å². The number of halogens is 3. The first-order chi connectivity index (χ1) is 8.43. The fourth-order valence-corrected chi connectivity index (χ4v) is 2.11. The summed E-state index contributed by atoms with van der Waals surface area (Å²) in [6, 6.07) is 3.92. The molecule has 2 N–H and O–H groups in total. The Morgan fingerprint density at radius 2 is 1.89 bits per heavy atom. The van der Waals surface area contributed by atoms with Gasteiger partial charge in [0.2, 0.25) is 0 Å². The standard InChI is InChI=1S/C11H11BrF2O4/c12-4-3-7(15)10(16)6-1-2-8-9(5-6)18-11(13,14)17-8/h1-2,5,7,10,15-16H,3-4H2. The van der Waals surface area contributed by atoms with Gasteiger partial charge in [-0.2, -0.15) is 0 Å². The molecule has 0 saturated heterocycles. The van der Waals surface area contributed by atoms with Crippen LogP contribution in [0.3, 0.4) is 0 Å². The van der Waals surface area contributed by atoms with E-state index < -0.39 is 18.5 Å². The van der Waals surface area contributed by atoms with Crippen LogP contribution < -0.4 is 9.47 Å². The average molecular weight is 325 g/mol. The van der Waals surface area contributed by atoms with Crippen LogP contribution in [-0.4, -0.2) is 27.9 Å². The molecule has 18 heavy (non-hydrogen) atoms. The molecule has 0 aliphatic carbocycles. The van der Waals surface area contributed by atoms with E-state index in [4.69, 9.17) is 0 Å². The van der Waals surface area contributed by atoms with Crippen LogP contribution in [0.1, 0.15) is 18.1 Å². The molecule has 2 unspecified atom stereocenters. The third-order valence-electron chi connectivity index (χ3n) is 2.54. The topological polar surface area (TPSA) is 58.9 Å². The van der Waals surface area contributed by atoms with Gasteiger partial charge in [-0.15, -0.1) is 8.78 Å². The summed E-state index contributed by atoms with van der Waals surface area (Å²) in [6.07, 6.45) is -5.48. The van der Waals surface area contributed by atoms with Crippen LogP contribution in [-0.2, 0) is 0 Å². The van der Waals surface area contributed by atoms with Crippen LogP contribution in [0.2, 0.25) is 0 Å². The van der Waals surface area contributed by atoms with Crippen molar-refractivity contribution in [3.63, 3.8) is 0 Å². The molecule has 100 valence electrons. The van der Waals surface area contributed by atoms with Crippen LogP contribution in [0, 0.1) is 0 Å². The zero-order chi connectivity index (χ0) is 13.3. The maximum atomic E-state index is 12.8. The maximum Gasteiger partial charge on any atom is 0.586 e. The monoisotopic (exact) mass is 324 g/mol. The van der Waals surface area contributed by atoms with E-state index in [1.165, 1.54) is 18.2 Å². The van der Waals surface area contributed by atoms with Gasteiger partial charge in [-0.25, -0.2) is 0 Å². The number of aliphatic hydroxyl groups is 2. The molecule has 1 aliphatic heterocycles. The number of rotatable bonds is 4. The highest BCUT2D eigenvalue weighted by atomic mass is 79.9. The minimum Gasteiger partial charge on any atom is -0.395 e. The lowest BCUT2D eigenvalue weighted by Crippen LogP contribution is -2.26. The van der Waals surface area contributed by atoms with E-state index >= 15 is 0 Å². The molecule has 1 aliphatic rings. The fraction of sp³-hybridized carbons (Fsp3) is 0.455. The summed E-state index contributed by atoms with van der Waals surface area (Å²) < 4.78 is 34.1. The summed E-state index contributed by atoms with van der Waals surface area (Å²) in [6.45, 7) is 0. The van der Waals surface area contributed by atoms with Gasteiger partial charge in [-0.05, 0) is 24.1 Å². The van der Waals surface area contributed by atoms with Crippen LogP contribution in [0.5, 0.6) is 11.5 Å². The van der Waals surface area contributed by atoms with Gasteiger partial charge in [0.05, 0.1) is 6.10 Å². The molecule has 0 fully saturated rings. The van der Waals surface area contributed by atoms with E-state index in [0.717, 1.165) is 0 Å². The van der Waals surface area contributed by atoms with E-state index in [-0.39, 0.29) is 11.5 Å². The number of fused-ring (bicyclic) bond motifs is 1. The molecule has 0 saturated carbocycles. The highest BCUT2D eigenvalue weighted by Crippen LogP contribution is 2.42. The van der Waals surface area contributed by atoms with Crippen molar-refractivity contribution in [1.82, 2.24) is 0 Å². The van der Waals surface area contributed by atoms with Gasteiger partial charge >= 0.3 is 6.29 Å². The Kier molecular flexibility index (Phi) is 3.74. The van der Waals surface area contributed by atoms with Crippen molar-refractivity contribution in [2.75, 3.05) is 5.33 Å². The van der Waals surface area contributed by atoms with Gasteiger partial charge in [-0.1, -0.05) is 22.0 Å². The lowest BCUT2D eigenvalue weighted by molar-refractivity contribution is -0.286. The second kappa shape index (κ2) is 4.99. The molecule has 0 amide bonds. The third kappa shape index (κ3) is 2.73. The molecule has 4 nitrogen and oxygen atoms in total. The predicted octanol–water partition coefficient (Wildman–Crippen LogP) is 2.19. The largest absolute Gasteiger partial charge is 0.586 e. The summed E-state index contributed by atoms with van der Waals surface area (Å²) in [5, 5.41) is 20.0. The zero-order valence-corrected chi connectivity index (χ0v) is 10.7. The molecule has 1 heterocycles. The van der Waals surface area contributed by atoms with E-state index in [1.54, 1.807) is 0 Å². The van der Waals surface area contributed by atoms with Gasteiger partial charge in [0.15, 0.2) is 11.5 Å². The molecule has 1 aromatic carbocycles. The number of ether oxygens (including phenoxy) is 2. The smallest absolute Gasteiger partial charge is 0.395 e. The van der Waals surface area contributed by atoms with Crippen LogP contribution >= 0.6 is 15.9 Å². The van der Waals surface area contributed by atoms with Crippen molar-refractivity contribution in [2.24, 2.45) is 0 Å². The number of aliphatic hydroxyl groups excluding tert-OH is 2. The van der Waals surface area contributed by atoms with Crippen LogP contribution in [0.4, 0.5) is 8.78 Å². The van der Waals surface area contributed by atoms with E-state index in [1.807, 2.05) is 0 Å². The second-order valence-corrected chi connectivity index (χ2v) is 4.66. The lowest BCUT2D eigenvalue weighted by atomic mass is 10.0. The Morgan fingerprint density at radius 3 is 2.56 bits per heavy atom. The van der Waals surface area contributed by atoms with Crippen molar-refractivity contribution >= 4 is 15.9 Å². The summed E-state index contributed by atoms with van der Waals surface area (Å²) in [5.74, 6) is -0.242. The molecule has 7 heteroatoms. The second-order valence-electron chi connectivity index (χ2n) is 3.86. The van der Waals surface area contributed by atoms with Crippen molar-refractivity contribution in [1.29, 1.82) is 0 Å². The molecule has 0 bridgehead atoms. The number of hydrogen-bond acceptors (Lipinski definition) is 4. The van der Waals surface area contributed by atoms with Crippen molar-refractivity contribution < 1.29 is 28.5 Å². The molecule has 2 rings (SSSR count). The summed E-state index contributed by atoms with van der Waals surface area (Å²) in [7, 11) is 0. The minimum absolute atomic E-state index is 0.0917. The van der Waals surface area contributed by atoms with Gasteiger partial charge < -0.3 is 19.7 Å². The zero-order valence-electron chi connectivity index (χ0n) is 9.15. The summed E-state index contributed by atoms with van der Waals surface area (Å²) >= 11 is 3.14. The molecular weight excluding hydrogens is 314 g/mol. The Balaban J connectivity index is 2.18. The van der Waals surface area contributed by atoms with E-state index in [2.05, 4.69) is 25.4 Å². The average Bonchev–Trinajstić information content (AvgIpc) is 2.60. The summed E-state index contributed by atoms with van der Waals surface area (Å²) in [5.41, 5.74) is 0.295. The quantitative estimate of drug-likeness (QED) is 0.833. The normalized spacial score (nSPS) is 19.6. The molecule has 0 spiro atoms. The van der Waals surface area contributed by atoms with Crippen molar-refractivity contribution in [3.8, 4) is 11.5 Å². The van der Waals surface area contributed by atoms with Crippen LogP contribution in [0.15, 0.2) is 18.2 Å². The SMILES string of the molecule is OC(CCBr)C(O)c1ccc2c(c1)OC(F)(F)O2. The maximum absolute atomic E-state index is 12.8. The van der Waals surface area contributed by atoms with Gasteiger partial charge in [0, 0.05) is 5.33 Å². The Labute approximate surface area is 110 Å². The Hall–Kier alpha value is -0.920. The molecule has 2 atom stereocenters. The molecule has 1 aromatic rings. The molecule has 0 aromatic heterocycles. The number of hydrogen-bond donors (Lipinski definition) is 2. The number of benzene rings is 1. The lowest BCUT2D eigenvalue weighted by Gasteiger charge is -2.17. The van der Waals surface area contributed by atoms with Gasteiger partial charge in [-0.3, -0.25) is 0 Å². The first-order valence-corrected chi connectivity index (χ1v) is 6.37. The minimum atomic E-state index is -3.68. The molecular formula is C11H11BrF2O4. The van der Waals surface area contributed by atoms with Crippen molar-refractivity contribution in [3.05, 3.63) is 23.8 Å². The third-order valence-corrected chi connectivity index (χ3v) is 2.99. The van der Waals surface area contributed by atoms with Gasteiger partial charge in [0.25, 0.3) is 0 Å². The Bertz CT molecular complexity index is 441. The van der Waals surface area contributed by atoms with Crippen LogP contribution in [0.25, 0.3) is 0 Å². The van der Waals surface area contributed by atoms with E-state index in [0.29, 0.717) is 17.3 Å². The van der Waals surface area contributed by atoms with E-state index in [9.17, 15) is 19.0 Å². The highest BCUT2D eigenvalue weighted by Gasteiger charge is 2.43. The molecule has 0 radical (unpaired) electrons. The first kappa shape index (κ1) is 13.5. The fourth-order valence-electron chi connectivity index (χ4n) is 1.64. The Morgan fingerprint density at radius 1 is 1.22 bits per heavy atom. The van der Waals surface area contributed by atoms with Gasteiger partial charge in [0.1, 0.15) is 6.10 Å². The highest BCUT2D eigenvalue weighted by molar-refractivity contribution is 9.09. The summed E-state index contributed by atoms with van der Waals surface area (Å²) in [4.78, 5) is 0.